The molecule has 4 heterocycles. The first kappa shape index (κ1) is 22.9. The first-order valence-corrected chi connectivity index (χ1v) is 11.7. The summed E-state index contributed by atoms with van der Waals surface area (Å²) >= 11 is 0. The van der Waals surface area contributed by atoms with Gasteiger partial charge in [0.25, 0.3) is 0 Å². The summed E-state index contributed by atoms with van der Waals surface area (Å²) in [5.74, 6) is 1.62. The van der Waals surface area contributed by atoms with E-state index in [2.05, 4.69) is 58.3 Å². The Kier molecular flexibility index (Phi) is 5.93. The lowest BCUT2D eigenvalue weighted by atomic mass is 10.2. The maximum atomic E-state index is 6.27. The van der Waals surface area contributed by atoms with Crippen molar-refractivity contribution in [1.82, 2.24) is 44.9 Å². The van der Waals surface area contributed by atoms with Crippen LogP contribution in [0.5, 0.6) is 5.88 Å². The molecule has 35 heavy (non-hydrogen) atoms. The van der Waals surface area contributed by atoms with Crippen LogP contribution >= 0.6 is 0 Å². The first-order chi connectivity index (χ1) is 16.8. The highest BCUT2D eigenvalue weighted by molar-refractivity contribution is 5.96. The van der Waals surface area contributed by atoms with E-state index in [1.165, 1.54) is 0 Å². The van der Waals surface area contributed by atoms with Crippen molar-refractivity contribution in [1.29, 1.82) is 0 Å². The number of aryl methyl sites for hydroxylation is 2. The number of hydrogen-bond acceptors (Lipinski definition) is 9. The van der Waals surface area contributed by atoms with Gasteiger partial charge in [-0.05, 0) is 40.7 Å². The number of fused-ring (bicyclic) bond motifs is 3. The van der Waals surface area contributed by atoms with E-state index in [-0.39, 0.29) is 6.61 Å². The molecule has 0 saturated carbocycles. The summed E-state index contributed by atoms with van der Waals surface area (Å²) in [6.45, 7) is 11.6. The largest absolute Gasteiger partial charge is 0.470 e. The Labute approximate surface area is 202 Å². The van der Waals surface area contributed by atoms with Gasteiger partial charge in [-0.15, -0.1) is 20.4 Å². The fourth-order valence-electron chi connectivity index (χ4n) is 4.29. The number of nitrogens with zero attached hydrogens (tertiary/aromatic N) is 9. The van der Waals surface area contributed by atoms with Crippen molar-refractivity contribution in [2.45, 2.75) is 59.9 Å². The van der Waals surface area contributed by atoms with Crippen molar-refractivity contribution in [3.8, 4) is 17.4 Å². The molecule has 0 spiro atoms. The number of ether oxygens (including phenoxy) is 1. The highest BCUT2D eigenvalue weighted by Gasteiger charge is 2.22. The second kappa shape index (κ2) is 9.06. The van der Waals surface area contributed by atoms with Crippen molar-refractivity contribution in [2.75, 3.05) is 0 Å². The van der Waals surface area contributed by atoms with Gasteiger partial charge in [0.05, 0.1) is 5.69 Å². The van der Waals surface area contributed by atoms with Gasteiger partial charge in [-0.1, -0.05) is 28.6 Å². The van der Waals surface area contributed by atoms with Gasteiger partial charge in [-0.2, -0.15) is 4.52 Å². The molecule has 11 nitrogen and oxygen atoms in total. The van der Waals surface area contributed by atoms with Crippen LogP contribution in [-0.4, -0.2) is 56.9 Å². The van der Waals surface area contributed by atoms with E-state index in [1.807, 2.05) is 42.9 Å². The lowest BCUT2D eigenvalue weighted by molar-refractivity contribution is 0.160. The van der Waals surface area contributed by atoms with Gasteiger partial charge in [-0.3, -0.25) is 9.58 Å². The molecule has 0 aliphatic carbocycles. The maximum absolute atomic E-state index is 6.27. The summed E-state index contributed by atoms with van der Waals surface area (Å²) in [5.41, 5.74) is 2.97. The van der Waals surface area contributed by atoms with Crippen molar-refractivity contribution in [2.24, 2.45) is 7.05 Å². The zero-order valence-electron chi connectivity index (χ0n) is 20.8. The molecule has 11 heteroatoms. The van der Waals surface area contributed by atoms with E-state index < -0.39 is 0 Å². The normalized spacial score (nSPS) is 12.1. The predicted octanol–water partition coefficient (Wildman–Crippen LogP) is 3.57. The number of aromatic nitrogens is 8. The van der Waals surface area contributed by atoms with E-state index in [1.54, 1.807) is 10.6 Å². The maximum Gasteiger partial charge on any atom is 0.240 e. The molecule has 182 valence electrons. The fraction of sp³-hybridized carbons (Fsp3) is 0.417. The quantitative estimate of drug-likeness (QED) is 0.332. The van der Waals surface area contributed by atoms with Crippen LogP contribution in [0.4, 0.5) is 0 Å². The summed E-state index contributed by atoms with van der Waals surface area (Å²) in [6.07, 6.45) is 0. The lowest BCUT2D eigenvalue weighted by Gasteiger charge is -2.30. The minimum Gasteiger partial charge on any atom is -0.470 e. The third kappa shape index (κ3) is 4.23. The standard InChI is InChI=1S/C24H29N9O2/c1-14(2)32(15(3)4)12-21-20(25-30-31(21)6)13-34-24-18-10-8-7-9-17(18)22-26-27-23(33(22)28-24)19-11-16(5)35-29-19/h7-11,14-15H,12-13H2,1-6H3. The molecule has 0 atom stereocenters. The topological polar surface area (TPSA) is 112 Å². The fourth-order valence-corrected chi connectivity index (χ4v) is 4.29. The Morgan fingerprint density at radius 2 is 1.77 bits per heavy atom. The summed E-state index contributed by atoms with van der Waals surface area (Å²) < 4.78 is 15.0. The summed E-state index contributed by atoms with van der Waals surface area (Å²) in [5, 5.41) is 27.8. The summed E-state index contributed by atoms with van der Waals surface area (Å²) in [4.78, 5) is 2.39. The smallest absolute Gasteiger partial charge is 0.240 e. The Morgan fingerprint density at radius 3 is 2.46 bits per heavy atom. The molecule has 0 amide bonds. The van der Waals surface area contributed by atoms with Gasteiger partial charge in [0.1, 0.15) is 18.1 Å². The molecule has 0 fully saturated rings. The van der Waals surface area contributed by atoms with E-state index in [0.29, 0.717) is 40.9 Å². The molecule has 0 aliphatic heterocycles. The average Bonchev–Trinajstić information content (AvgIpc) is 3.53. The molecule has 4 aromatic heterocycles. The van der Waals surface area contributed by atoms with Crippen LogP contribution in [0, 0.1) is 6.92 Å². The van der Waals surface area contributed by atoms with Gasteiger partial charge in [0, 0.05) is 42.5 Å². The number of benzene rings is 1. The van der Waals surface area contributed by atoms with Crippen LogP contribution in [-0.2, 0) is 20.2 Å². The molecule has 5 aromatic rings. The van der Waals surface area contributed by atoms with Gasteiger partial charge in [-0.25, -0.2) is 0 Å². The molecule has 0 aliphatic rings. The molecule has 0 unspecified atom stereocenters. The third-order valence-corrected chi connectivity index (χ3v) is 6.11. The zero-order valence-corrected chi connectivity index (χ0v) is 20.8. The molecular weight excluding hydrogens is 446 g/mol. The predicted molar refractivity (Wildman–Crippen MR) is 130 cm³/mol. The van der Waals surface area contributed by atoms with E-state index in [0.717, 1.165) is 28.7 Å². The van der Waals surface area contributed by atoms with Crippen LogP contribution < -0.4 is 4.74 Å². The minimum atomic E-state index is 0.232. The molecule has 0 radical (unpaired) electrons. The van der Waals surface area contributed by atoms with E-state index in [9.17, 15) is 0 Å². The monoisotopic (exact) mass is 475 g/mol. The van der Waals surface area contributed by atoms with Gasteiger partial charge >= 0.3 is 0 Å². The second-order valence-electron chi connectivity index (χ2n) is 9.19. The van der Waals surface area contributed by atoms with Crippen molar-refractivity contribution < 1.29 is 9.26 Å². The Bertz CT molecular complexity index is 1470. The van der Waals surface area contributed by atoms with Gasteiger partial charge in [0.2, 0.25) is 11.7 Å². The molecule has 0 N–H and O–H groups in total. The third-order valence-electron chi connectivity index (χ3n) is 6.11. The van der Waals surface area contributed by atoms with E-state index >= 15 is 0 Å². The SMILES string of the molecule is Cc1cc(-c2nnc3c4ccccc4c(OCc4nnn(C)c4CN(C(C)C)C(C)C)nn23)no1. The minimum absolute atomic E-state index is 0.232. The Morgan fingerprint density at radius 1 is 1.03 bits per heavy atom. The highest BCUT2D eigenvalue weighted by atomic mass is 16.5. The molecule has 0 bridgehead atoms. The van der Waals surface area contributed by atoms with Crippen LogP contribution in [0.25, 0.3) is 27.9 Å². The van der Waals surface area contributed by atoms with E-state index in [4.69, 9.17) is 14.4 Å². The second-order valence-corrected chi connectivity index (χ2v) is 9.19. The molecular formula is C24H29N9O2. The van der Waals surface area contributed by atoms with Crippen molar-refractivity contribution in [3.63, 3.8) is 0 Å². The highest BCUT2D eigenvalue weighted by Crippen LogP contribution is 2.29. The zero-order chi connectivity index (χ0) is 24.7. The van der Waals surface area contributed by atoms with Crippen LogP contribution in [0.3, 0.4) is 0 Å². The Balaban J connectivity index is 1.52. The summed E-state index contributed by atoms with van der Waals surface area (Å²) in [7, 11) is 1.91. The molecule has 5 rings (SSSR count). The van der Waals surface area contributed by atoms with Gasteiger partial charge < -0.3 is 9.26 Å². The van der Waals surface area contributed by atoms with Crippen molar-refractivity contribution >= 4 is 16.4 Å². The van der Waals surface area contributed by atoms with Crippen LogP contribution in [0.1, 0.15) is 44.8 Å². The number of hydrogen-bond donors (Lipinski definition) is 0. The van der Waals surface area contributed by atoms with Crippen LogP contribution in [0.15, 0.2) is 34.9 Å². The van der Waals surface area contributed by atoms with Gasteiger partial charge in [0.15, 0.2) is 11.3 Å². The molecule has 0 saturated heterocycles. The van der Waals surface area contributed by atoms with Crippen molar-refractivity contribution in [3.05, 3.63) is 47.5 Å². The summed E-state index contributed by atoms with van der Waals surface area (Å²) in [6, 6.07) is 10.4. The Hall–Kier alpha value is -3.86. The first-order valence-electron chi connectivity index (χ1n) is 11.7. The average molecular weight is 476 g/mol. The lowest BCUT2D eigenvalue weighted by Crippen LogP contribution is -2.37. The van der Waals surface area contributed by atoms with Crippen LogP contribution in [0.2, 0.25) is 0 Å². The number of rotatable bonds is 8. The molecule has 1 aromatic carbocycles.